The second-order valence-electron chi connectivity index (χ2n) is 6.63. The zero-order chi connectivity index (χ0) is 18.5. The van der Waals surface area contributed by atoms with Gasteiger partial charge < -0.3 is 9.84 Å². The molecule has 1 heterocycles. The second-order valence-corrected chi connectivity index (χ2v) is 6.63. The van der Waals surface area contributed by atoms with Gasteiger partial charge in [0.05, 0.1) is 5.56 Å². The molecule has 0 spiro atoms. The molecule has 1 fully saturated rings. The molecule has 1 saturated heterocycles. The number of ether oxygens (including phenoxy) is 1. The highest BCUT2D eigenvalue weighted by molar-refractivity contribution is 5.87. The van der Waals surface area contributed by atoms with Crippen molar-refractivity contribution in [3.8, 4) is 5.75 Å². The van der Waals surface area contributed by atoms with E-state index in [0.29, 0.717) is 18.0 Å². The molecule has 1 atom stereocenters. The third-order valence-electron chi connectivity index (χ3n) is 4.60. The van der Waals surface area contributed by atoms with E-state index in [1.807, 2.05) is 12.1 Å². The maximum atomic E-state index is 12.3. The summed E-state index contributed by atoms with van der Waals surface area (Å²) in [5.74, 6) is -0.274. The number of aromatic carboxylic acids is 1. The van der Waals surface area contributed by atoms with Gasteiger partial charge in [-0.25, -0.2) is 4.79 Å². The average Bonchev–Trinajstić information content (AvgIpc) is 3.01. The maximum Gasteiger partial charge on any atom is 0.387 e. The van der Waals surface area contributed by atoms with E-state index in [-0.39, 0.29) is 5.75 Å². The number of hydrogen-bond donors (Lipinski definition) is 1. The van der Waals surface area contributed by atoms with Crippen LogP contribution in [0.3, 0.4) is 0 Å². The fraction of sp³-hybridized carbons (Fsp3) is 0.350. The third-order valence-corrected chi connectivity index (χ3v) is 4.60. The molecule has 1 aliphatic rings. The predicted octanol–water partition coefficient (Wildman–Crippen LogP) is 4.05. The van der Waals surface area contributed by atoms with Gasteiger partial charge >= 0.3 is 12.6 Å². The summed E-state index contributed by atoms with van der Waals surface area (Å²) in [5, 5.41) is 9.09. The predicted molar refractivity (Wildman–Crippen MR) is 93.6 cm³/mol. The Bertz CT molecular complexity index is 766. The first-order valence-corrected chi connectivity index (χ1v) is 8.58. The van der Waals surface area contributed by atoms with Crippen LogP contribution in [0.2, 0.25) is 0 Å². The molecule has 3 rings (SSSR count). The van der Waals surface area contributed by atoms with Crippen LogP contribution < -0.4 is 4.74 Å². The first-order valence-electron chi connectivity index (χ1n) is 8.58. The Balaban J connectivity index is 1.56. The minimum atomic E-state index is -2.82. The number of rotatable bonds is 7. The Hall–Kier alpha value is -2.47. The lowest BCUT2D eigenvalue weighted by atomic mass is 9.97. The van der Waals surface area contributed by atoms with E-state index in [1.54, 1.807) is 30.3 Å². The topological polar surface area (TPSA) is 49.8 Å². The average molecular weight is 361 g/mol. The Morgan fingerprint density at radius 2 is 1.96 bits per heavy atom. The van der Waals surface area contributed by atoms with Gasteiger partial charge in [-0.05, 0) is 60.7 Å². The van der Waals surface area contributed by atoms with Crippen molar-refractivity contribution >= 4 is 5.97 Å². The van der Waals surface area contributed by atoms with Crippen LogP contribution in [-0.4, -0.2) is 35.7 Å². The fourth-order valence-electron chi connectivity index (χ4n) is 3.47. The molecular formula is C20H21F2NO3. The van der Waals surface area contributed by atoms with E-state index in [2.05, 4.69) is 9.64 Å². The minimum absolute atomic E-state index is 0.179. The van der Waals surface area contributed by atoms with Crippen molar-refractivity contribution in [2.45, 2.75) is 26.0 Å². The minimum Gasteiger partial charge on any atom is -0.478 e. The summed E-state index contributed by atoms with van der Waals surface area (Å²) in [5.41, 5.74) is 2.29. The molecule has 0 bridgehead atoms. The quantitative estimate of drug-likeness (QED) is 0.808. The van der Waals surface area contributed by atoms with Crippen LogP contribution in [0.4, 0.5) is 8.78 Å². The number of alkyl halides is 2. The normalized spacial score (nSPS) is 17.6. The Morgan fingerprint density at radius 3 is 2.73 bits per heavy atom. The van der Waals surface area contributed by atoms with Gasteiger partial charge in [0.2, 0.25) is 0 Å². The molecule has 1 N–H and O–H groups in total. The number of halogens is 2. The fourth-order valence-corrected chi connectivity index (χ4v) is 3.47. The zero-order valence-electron chi connectivity index (χ0n) is 14.3. The number of carbonyl (C=O) groups is 1. The van der Waals surface area contributed by atoms with Crippen molar-refractivity contribution in [1.82, 2.24) is 4.90 Å². The van der Waals surface area contributed by atoms with E-state index >= 15 is 0 Å². The van der Waals surface area contributed by atoms with Crippen molar-refractivity contribution in [2.75, 3.05) is 13.1 Å². The summed E-state index contributed by atoms with van der Waals surface area (Å²) in [4.78, 5) is 13.4. The van der Waals surface area contributed by atoms with Crippen LogP contribution in [0.15, 0.2) is 48.5 Å². The van der Waals surface area contributed by atoms with Crippen molar-refractivity contribution in [3.63, 3.8) is 0 Å². The summed E-state index contributed by atoms with van der Waals surface area (Å²) in [7, 11) is 0. The first-order chi connectivity index (χ1) is 12.5. The lowest BCUT2D eigenvalue weighted by Crippen LogP contribution is -2.20. The number of nitrogens with zero attached hydrogens (tertiary/aromatic N) is 1. The molecule has 0 saturated carbocycles. The van der Waals surface area contributed by atoms with Crippen LogP contribution in [0.5, 0.6) is 5.75 Å². The van der Waals surface area contributed by atoms with Gasteiger partial charge in [-0.2, -0.15) is 8.78 Å². The summed E-state index contributed by atoms with van der Waals surface area (Å²) in [6, 6.07) is 13.9. The van der Waals surface area contributed by atoms with Crippen molar-refractivity contribution < 1.29 is 23.4 Å². The lowest BCUT2D eigenvalue weighted by Gasteiger charge is -2.17. The van der Waals surface area contributed by atoms with Gasteiger partial charge in [0.1, 0.15) is 5.75 Å². The highest BCUT2D eigenvalue weighted by Gasteiger charge is 2.23. The van der Waals surface area contributed by atoms with Gasteiger partial charge in [0.15, 0.2) is 0 Å². The third kappa shape index (κ3) is 5.02. The first kappa shape index (κ1) is 18.3. The zero-order valence-corrected chi connectivity index (χ0v) is 14.3. The molecule has 1 aliphatic heterocycles. The molecule has 0 radical (unpaired) electrons. The molecule has 1 unspecified atom stereocenters. The number of carboxylic acid groups (broad SMARTS) is 1. The van der Waals surface area contributed by atoms with Gasteiger partial charge in [-0.1, -0.05) is 24.3 Å². The number of hydrogen-bond acceptors (Lipinski definition) is 3. The highest BCUT2D eigenvalue weighted by atomic mass is 19.3. The summed E-state index contributed by atoms with van der Waals surface area (Å²) in [6.07, 6.45) is 1.87. The largest absolute Gasteiger partial charge is 0.478 e. The number of benzene rings is 2. The van der Waals surface area contributed by atoms with Crippen LogP contribution in [-0.2, 0) is 13.0 Å². The molecule has 4 nitrogen and oxygen atoms in total. The van der Waals surface area contributed by atoms with E-state index in [1.165, 1.54) is 6.07 Å². The molecular weight excluding hydrogens is 340 g/mol. The molecule has 6 heteroatoms. The molecule has 26 heavy (non-hydrogen) atoms. The van der Waals surface area contributed by atoms with Gasteiger partial charge in [0, 0.05) is 13.1 Å². The Labute approximate surface area is 151 Å². The van der Waals surface area contributed by atoms with Gasteiger partial charge in [0.25, 0.3) is 0 Å². The maximum absolute atomic E-state index is 12.3. The SMILES string of the molecule is O=C(O)c1cccc(CC2CCN(Cc3cccc(OC(F)F)c3)C2)c1. The van der Waals surface area contributed by atoms with E-state index in [0.717, 1.165) is 37.1 Å². The van der Waals surface area contributed by atoms with Crippen LogP contribution in [0, 0.1) is 5.92 Å². The molecule has 2 aromatic rings. The molecule has 138 valence electrons. The van der Waals surface area contributed by atoms with E-state index in [9.17, 15) is 13.6 Å². The van der Waals surface area contributed by atoms with Crippen LogP contribution in [0.25, 0.3) is 0 Å². The van der Waals surface area contributed by atoms with Crippen molar-refractivity contribution in [1.29, 1.82) is 0 Å². The second kappa shape index (κ2) is 8.27. The van der Waals surface area contributed by atoms with E-state index in [4.69, 9.17) is 5.11 Å². The standard InChI is InChI=1S/C20H21F2NO3/c21-20(22)26-18-6-2-4-15(11-18)12-23-8-7-16(13-23)9-14-3-1-5-17(10-14)19(24)25/h1-6,10-11,16,20H,7-9,12-13H2,(H,24,25). The number of carboxylic acids is 1. The smallest absolute Gasteiger partial charge is 0.387 e. The molecule has 0 amide bonds. The van der Waals surface area contributed by atoms with E-state index < -0.39 is 12.6 Å². The van der Waals surface area contributed by atoms with Crippen LogP contribution in [0.1, 0.15) is 27.9 Å². The van der Waals surface area contributed by atoms with Crippen LogP contribution >= 0.6 is 0 Å². The summed E-state index contributed by atoms with van der Waals surface area (Å²) in [6.45, 7) is -0.296. The molecule has 0 aliphatic carbocycles. The number of likely N-dealkylation sites (tertiary alicyclic amines) is 1. The monoisotopic (exact) mass is 361 g/mol. The Kier molecular flexibility index (Phi) is 5.83. The summed E-state index contributed by atoms with van der Waals surface area (Å²) >= 11 is 0. The van der Waals surface area contributed by atoms with Gasteiger partial charge in [-0.3, -0.25) is 4.90 Å². The molecule has 0 aromatic heterocycles. The summed E-state index contributed by atoms with van der Waals surface area (Å²) < 4.78 is 29.1. The van der Waals surface area contributed by atoms with Crippen molar-refractivity contribution in [3.05, 3.63) is 65.2 Å². The Morgan fingerprint density at radius 1 is 1.19 bits per heavy atom. The van der Waals surface area contributed by atoms with Gasteiger partial charge in [-0.15, -0.1) is 0 Å². The molecule has 2 aromatic carbocycles. The highest BCUT2D eigenvalue weighted by Crippen LogP contribution is 2.24. The van der Waals surface area contributed by atoms with Crippen molar-refractivity contribution in [2.24, 2.45) is 5.92 Å². The lowest BCUT2D eigenvalue weighted by molar-refractivity contribution is -0.0499.